The monoisotopic (exact) mass is 403 g/mol. The molecule has 1 aromatic heterocycles. The minimum atomic E-state index is -4.55. The number of halogens is 3. The molecule has 0 spiro atoms. The van der Waals surface area contributed by atoms with Crippen LogP contribution in [0.4, 0.5) is 23.7 Å². The van der Waals surface area contributed by atoms with Gasteiger partial charge in [0.25, 0.3) is 5.56 Å². The summed E-state index contributed by atoms with van der Waals surface area (Å²) in [6, 6.07) is 11.2. The molecule has 0 saturated carbocycles. The van der Waals surface area contributed by atoms with E-state index < -0.39 is 29.5 Å². The third-order valence-corrected chi connectivity index (χ3v) is 4.80. The second-order valence-electron chi connectivity index (χ2n) is 6.68. The second-order valence-corrected chi connectivity index (χ2v) is 6.68. The fourth-order valence-electron chi connectivity index (χ4n) is 3.38. The van der Waals surface area contributed by atoms with E-state index >= 15 is 0 Å². The van der Waals surface area contributed by atoms with Crippen molar-refractivity contribution < 1.29 is 22.7 Å². The highest BCUT2D eigenvalue weighted by molar-refractivity contribution is 5.94. The number of hydrogen-bond donors (Lipinski definition) is 2. The Morgan fingerprint density at radius 3 is 2.59 bits per heavy atom. The minimum Gasteiger partial charge on any atom is -0.443 e. The molecule has 150 valence electrons. The van der Waals surface area contributed by atoms with Gasteiger partial charge in [-0.05, 0) is 29.7 Å². The molecule has 0 aliphatic carbocycles. The van der Waals surface area contributed by atoms with E-state index in [1.165, 1.54) is 35.2 Å². The van der Waals surface area contributed by atoms with Crippen LogP contribution in [0.5, 0.6) is 0 Å². The Morgan fingerprint density at radius 2 is 1.90 bits per heavy atom. The molecular weight excluding hydrogens is 387 g/mol. The summed E-state index contributed by atoms with van der Waals surface area (Å²) in [6.07, 6.45) is -5.55. The number of H-pyrrole nitrogens is 1. The van der Waals surface area contributed by atoms with Crippen LogP contribution in [0.15, 0.2) is 53.3 Å². The number of cyclic esters (lactones) is 1. The molecule has 0 radical (unpaired) electrons. The van der Waals surface area contributed by atoms with Crippen LogP contribution in [0.1, 0.15) is 5.56 Å². The van der Waals surface area contributed by atoms with E-state index in [4.69, 9.17) is 10.5 Å². The number of pyridine rings is 1. The van der Waals surface area contributed by atoms with Crippen LogP contribution < -0.4 is 16.2 Å². The molecule has 1 fully saturated rings. The Labute approximate surface area is 162 Å². The first-order valence-electron chi connectivity index (χ1n) is 8.80. The minimum absolute atomic E-state index is 0.0620. The topological polar surface area (TPSA) is 88.4 Å². The number of aromatic amines is 1. The number of benzene rings is 2. The SMILES string of the molecule is NC[C@H]1CN(c2ccc3cc(-c4ccccc4C(F)(F)F)[nH]c(=O)c3c2)C(=O)O1. The normalized spacial score (nSPS) is 17.0. The fourth-order valence-corrected chi connectivity index (χ4v) is 3.38. The molecule has 2 heterocycles. The summed E-state index contributed by atoms with van der Waals surface area (Å²) < 4.78 is 45.1. The zero-order valence-corrected chi connectivity index (χ0v) is 15.0. The smallest absolute Gasteiger partial charge is 0.417 e. The van der Waals surface area contributed by atoms with E-state index in [0.29, 0.717) is 11.1 Å². The van der Waals surface area contributed by atoms with Gasteiger partial charge in [-0.3, -0.25) is 9.69 Å². The van der Waals surface area contributed by atoms with Crippen LogP contribution in [0.2, 0.25) is 0 Å². The Morgan fingerprint density at radius 1 is 1.14 bits per heavy atom. The number of ether oxygens (including phenoxy) is 1. The number of nitrogens with two attached hydrogens (primary N) is 1. The predicted octanol–water partition coefficient (Wildman–Crippen LogP) is 3.50. The number of fused-ring (bicyclic) bond motifs is 1. The van der Waals surface area contributed by atoms with Crippen molar-refractivity contribution in [3.63, 3.8) is 0 Å². The van der Waals surface area contributed by atoms with E-state index in [1.54, 1.807) is 12.1 Å². The molecule has 1 aliphatic rings. The number of aromatic nitrogens is 1. The first-order valence-corrected chi connectivity index (χ1v) is 8.80. The summed E-state index contributed by atoms with van der Waals surface area (Å²) >= 11 is 0. The molecule has 6 nitrogen and oxygen atoms in total. The molecule has 0 unspecified atom stereocenters. The van der Waals surface area contributed by atoms with E-state index in [2.05, 4.69) is 4.98 Å². The highest BCUT2D eigenvalue weighted by Crippen LogP contribution is 2.36. The largest absolute Gasteiger partial charge is 0.443 e. The van der Waals surface area contributed by atoms with Crippen molar-refractivity contribution in [2.24, 2.45) is 5.73 Å². The first-order chi connectivity index (χ1) is 13.8. The van der Waals surface area contributed by atoms with Crippen molar-refractivity contribution in [1.82, 2.24) is 4.98 Å². The average molecular weight is 403 g/mol. The van der Waals surface area contributed by atoms with Gasteiger partial charge in [0.05, 0.1) is 12.1 Å². The van der Waals surface area contributed by atoms with Crippen molar-refractivity contribution in [3.8, 4) is 11.3 Å². The summed E-state index contributed by atoms with van der Waals surface area (Å²) in [5.74, 6) is 0. The summed E-state index contributed by atoms with van der Waals surface area (Å²) in [7, 11) is 0. The van der Waals surface area contributed by atoms with Crippen molar-refractivity contribution in [2.45, 2.75) is 12.3 Å². The third-order valence-electron chi connectivity index (χ3n) is 4.80. The van der Waals surface area contributed by atoms with Crippen molar-refractivity contribution in [2.75, 3.05) is 18.0 Å². The molecule has 3 N–H and O–H groups in total. The summed E-state index contributed by atoms with van der Waals surface area (Å²) in [5.41, 5.74) is 4.54. The van der Waals surface area contributed by atoms with Crippen LogP contribution in [0, 0.1) is 0 Å². The fraction of sp³-hybridized carbons (Fsp3) is 0.200. The van der Waals surface area contributed by atoms with Gasteiger partial charge in [-0.2, -0.15) is 13.2 Å². The Hall–Kier alpha value is -3.33. The van der Waals surface area contributed by atoms with Gasteiger partial charge < -0.3 is 15.5 Å². The van der Waals surface area contributed by atoms with Crippen molar-refractivity contribution in [3.05, 3.63) is 64.4 Å². The van der Waals surface area contributed by atoms with Crippen LogP contribution >= 0.6 is 0 Å². The van der Waals surface area contributed by atoms with Crippen LogP contribution in [-0.4, -0.2) is 30.3 Å². The van der Waals surface area contributed by atoms with Gasteiger partial charge in [0.15, 0.2) is 0 Å². The molecular formula is C20H16F3N3O3. The van der Waals surface area contributed by atoms with Crippen LogP contribution in [0.3, 0.4) is 0 Å². The number of nitrogens with one attached hydrogen (secondary N) is 1. The molecule has 0 bridgehead atoms. The Kier molecular flexibility index (Phi) is 4.54. The zero-order valence-electron chi connectivity index (χ0n) is 15.0. The highest BCUT2D eigenvalue weighted by Gasteiger charge is 2.34. The maximum atomic E-state index is 13.3. The molecule has 1 aliphatic heterocycles. The quantitative estimate of drug-likeness (QED) is 0.701. The number of nitrogens with zero attached hydrogens (tertiary/aromatic N) is 1. The molecule has 9 heteroatoms. The standard InChI is InChI=1S/C20H16F3N3O3/c21-20(22,23)16-4-2-1-3-14(16)17-7-11-5-6-12(8-15(11)18(27)25-17)26-10-13(9-24)29-19(26)28/h1-8,13H,9-10,24H2,(H,25,27)/t13-/m0/s1. The Balaban J connectivity index is 1.79. The maximum absolute atomic E-state index is 13.3. The van der Waals surface area contributed by atoms with Gasteiger partial charge in [0.1, 0.15) is 6.10 Å². The molecule has 4 rings (SSSR count). The lowest BCUT2D eigenvalue weighted by molar-refractivity contribution is -0.137. The second kappa shape index (κ2) is 6.93. The average Bonchev–Trinajstić information content (AvgIpc) is 3.08. The number of alkyl halides is 3. The number of hydrogen-bond acceptors (Lipinski definition) is 4. The van der Waals surface area contributed by atoms with E-state index in [-0.39, 0.29) is 29.7 Å². The van der Waals surface area contributed by atoms with Gasteiger partial charge in [0, 0.05) is 28.9 Å². The van der Waals surface area contributed by atoms with Gasteiger partial charge in [-0.1, -0.05) is 24.3 Å². The van der Waals surface area contributed by atoms with Gasteiger partial charge in [0.2, 0.25) is 0 Å². The Bertz CT molecular complexity index is 1160. The first kappa shape index (κ1) is 19.0. The lowest BCUT2D eigenvalue weighted by atomic mass is 10.0. The molecule has 3 aromatic rings. The number of anilines is 1. The summed E-state index contributed by atoms with van der Waals surface area (Å²) in [5, 5.41) is 0.701. The van der Waals surface area contributed by atoms with E-state index in [9.17, 15) is 22.8 Å². The van der Waals surface area contributed by atoms with Crippen LogP contribution in [-0.2, 0) is 10.9 Å². The number of carbonyl (C=O) groups is 1. The maximum Gasteiger partial charge on any atom is 0.417 e. The third kappa shape index (κ3) is 3.44. The van der Waals surface area contributed by atoms with Gasteiger partial charge in [-0.15, -0.1) is 0 Å². The molecule has 2 aromatic carbocycles. The number of amides is 1. The lowest BCUT2D eigenvalue weighted by Crippen LogP contribution is -2.27. The highest BCUT2D eigenvalue weighted by atomic mass is 19.4. The van der Waals surface area contributed by atoms with Crippen molar-refractivity contribution >= 4 is 22.6 Å². The van der Waals surface area contributed by atoms with Crippen LogP contribution in [0.25, 0.3) is 22.0 Å². The number of carbonyl (C=O) groups excluding carboxylic acids is 1. The van der Waals surface area contributed by atoms with Gasteiger partial charge in [-0.25, -0.2) is 4.79 Å². The van der Waals surface area contributed by atoms with E-state index in [1.807, 2.05) is 0 Å². The lowest BCUT2D eigenvalue weighted by Gasteiger charge is -2.15. The molecule has 1 saturated heterocycles. The zero-order chi connectivity index (χ0) is 20.8. The number of rotatable bonds is 3. The molecule has 1 amide bonds. The summed E-state index contributed by atoms with van der Waals surface area (Å²) in [4.78, 5) is 28.5. The van der Waals surface area contributed by atoms with E-state index in [0.717, 1.165) is 6.07 Å². The van der Waals surface area contributed by atoms with Crippen molar-refractivity contribution in [1.29, 1.82) is 0 Å². The predicted molar refractivity (Wildman–Crippen MR) is 102 cm³/mol. The van der Waals surface area contributed by atoms with Gasteiger partial charge >= 0.3 is 12.3 Å². The summed E-state index contributed by atoms with van der Waals surface area (Å²) in [6.45, 7) is 0.439. The molecule has 29 heavy (non-hydrogen) atoms. The molecule has 1 atom stereocenters.